The fourth-order valence-corrected chi connectivity index (χ4v) is 4.95. The summed E-state index contributed by atoms with van der Waals surface area (Å²) in [4.78, 5) is 25.4. The highest BCUT2D eigenvalue weighted by atomic mass is 32.2. The number of nitrogens with zero attached hydrogens (tertiary/aromatic N) is 1. The van der Waals surface area contributed by atoms with Crippen LogP contribution in [0.15, 0.2) is 15.9 Å². The second-order valence-electron chi connectivity index (χ2n) is 6.97. The van der Waals surface area contributed by atoms with Crippen molar-refractivity contribution >= 4 is 28.6 Å². The van der Waals surface area contributed by atoms with Gasteiger partial charge in [0.25, 0.3) is 0 Å². The van der Waals surface area contributed by atoms with E-state index in [-0.39, 0.29) is 34.7 Å². The number of ether oxygens (including phenoxy) is 1. The van der Waals surface area contributed by atoms with Gasteiger partial charge in [-0.3, -0.25) is 4.79 Å². The lowest BCUT2D eigenvalue weighted by Gasteiger charge is -2.14. The molecule has 4 rings (SSSR count). The molecule has 0 amide bonds. The minimum Gasteiger partial charge on any atom is -0.462 e. The highest BCUT2D eigenvalue weighted by Crippen LogP contribution is 2.34. The normalized spacial score (nSPS) is 17.8. The Morgan fingerprint density at radius 2 is 2.28 bits per heavy atom. The third-order valence-corrected chi connectivity index (χ3v) is 6.23. The van der Waals surface area contributed by atoms with E-state index in [1.165, 1.54) is 11.8 Å². The summed E-state index contributed by atoms with van der Waals surface area (Å²) in [5.41, 5.74) is -0.663. The van der Waals surface area contributed by atoms with E-state index in [0.29, 0.717) is 23.7 Å². The predicted molar refractivity (Wildman–Crippen MR) is 107 cm³/mol. The lowest BCUT2D eigenvalue weighted by molar-refractivity contribution is 0.0519. The molecule has 152 valence electrons. The van der Waals surface area contributed by atoms with Gasteiger partial charge in [-0.1, -0.05) is 11.8 Å². The Hall–Kier alpha value is -2.37. The molecule has 8 heteroatoms. The molecule has 1 aromatic carbocycles. The van der Waals surface area contributed by atoms with E-state index in [2.05, 4.69) is 17.2 Å². The number of thioether (sulfide) groups is 1. The van der Waals surface area contributed by atoms with Crippen molar-refractivity contribution in [3.8, 4) is 11.8 Å². The van der Waals surface area contributed by atoms with E-state index in [9.17, 15) is 18.4 Å². The standard InChI is InChI=1S/C21H20F2N2O3S/c1-2-28-21(27)16-19(26)14-11-15(22)17(23)13(7-3-5-12-6-4-8-24-12)18(14)25-9-10-29-20(16)25/h11-12,24H,2,4-6,8-10H2,1H3. The van der Waals surface area contributed by atoms with E-state index in [4.69, 9.17) is 4.74 Å². The zero-order valence-corrected chi connectivity index (χ0v) is 16.8. The van der Waals surface area contributed by atoms with Crippen LogP contribution in [-0.2, 0) is 11.3 Å². The summed E-state index contributed by atoms with van der Waals surface area (Å²) in [6, 6.07) is 1.10. The van der Waals surface area contributed by atoms with Gasteiger partial charge in [-0.2, -0.15) is 0 Å². The van der Waals surface area contributed by atoms with Crippen LogP contribution in [0.1, 0.15) is 42.1 Å². The Labute approximate surface area is 170 Å². The molecular formula is C21H20F2N2O3S. The molecular weight excluding hydrogens is 398 g/mol. The summed E-state index contributed by atoms with van der Waals surface area (Å²) < 4.78 is 35.7. The molecule has 5 nitrogen and oxygen atoms in total. The van der Waals surface area contributed by atoms with E-state index in [0.717, 1.165) is 25.5 Å². The highest BCUT2D eigenvalue weighted by molar-refractivity contribution is 7.99. The van der Waals surface area contributed by atoms with Gasteiger partial charge in [0.1, 0.15) is 5.56 Å². The molecule has 29 heavy (non-hydrogen) atoms. The minimum absolute atomic E-state index is 0.0542. The summed E-state index contributed by atoms with van der Waals surface area (Å²) in [6.45, 7) is 3.16. The number of hydrogen-bond acceptors (Lipinski definition) is 5. The van der Waals surface area contributed by atoms with Crippen molar-refractivity contribution in [3.05, 3.63) is 39.1 Å². The van der Waals surface area contributed by atoms with Crippen LogP contribution in [0.5, 0.6) is 0 Å². The Morgan fingerprint density at radius 1 is 1.45 bits per heavy atom. The molecule has 1 aromatic heterocycles. The monoisotopic (exact) mass is 418 g/mol. The number of carbonyl (C=O) groups is 1. The summed E-state index contributed by atoms with van der Waals surface area (Å²) in [7, 11) is 0. The van der Waals surface area contributed by atoms with Crippen LogP contribution in [0.2, 0.25) is 0 Å². The number of halogens is 2. The van der Waals surface area contributed by atoms with Gasteiger partial charge in [-0.25, -0.2) is 13.6 Å². The molecule has 0 bridgehead atoms. The first-order valence-corrected chi connectivity index (χ1v) is 10.6. The number of aromatic nitrogens is 1. The molecule has 0 spiro atoms. The van der Waals surface area contributed by atoms with Crippen molar-refractivity contribution < 1.29 is 18.3 Å². The summed E-state index contributed by atoms with van der Waals surface area (Å²) in [5, 5.41) is 3.68. The largest absolute Gasteiger partial charge is 0.462 e. The Balaban J connectivity index is 1.93. The Bertz CT molecular complexity index is 1110. The first kappa shape index (κ1) is 19.9. The number of carbonyl (C=O) groups excluding carboxylic acids is 1. The zero-order valence-electron chi connectivity index (χ0n) is 15.9. The van der Waals surface area contributed by atoms with Crippen molar-refractivity contribution in [1.82, 2.24) is 9.88 Å². The number of rotatable bonds is 3. The van der Waals surface area contributed by atoms with Gasteiger partial charge in [0.15, 0.2) is 11.6 Å². The van der Waals surface area contributed by atoms with Crippen LogP contribution in [0.3, 0.4) is 0 Å². The van der Waals surface area contributed by atoms with Crippen molar-refractivity contribution in [1.29, 1.82) is 0 Å². The fourth-order valence-electron chi connectivity index (χ4n) is 3.83. The molecule has 2 aromatic rings. The minimum atomic E-state index is -1.15. The van der Waals surface area contributed by atoms with E-state index < -0.39 is 23.0 Å². The Morgan fingerprint density at radius 3 is 3.00 bits per heavy atom. The number of esters is 1. The first-order valence-electron chi connectivity index (χ1n) is 9.63. The molecule has 1 atom stereocenters. The van der Waals surface area contributed by atoms with Gasteiger partial charge in [0.05, 0.1) is 28.1 Å². The number of hydrogen-bond donors (Lipinski definition) is 1. The van der Waals surface area contributed by atoms with Gasteiger partial charge in [0, 0.05) is 24.8 Å². The van der Waals surface area contributed by atoms with Crippen molar-refractivity contribution in [2.45, 2.75) is 43.8 Å². The molecule has 0 saturated carbocycles. The summed E-state index contributed by atoms with van der Waals surface area (Å²) in [6.07, 6.45) is 2.58. The Kier molecular flexibility index (Phi) is 5.61. The van der Waals surface area contributed by atoms with Gasteiger partial charge in [-0.05, 0) is 32.4 Å². The van der Waals surface area contributed by atoms with Crippen LogP contribution < -0.4 is 10.7 Å². The molecule has 0 aliphatic carbocycles. The van der Waals surface area contributed by atoms with Gasteiger partial charge in [-0.15, -0.1) is 11.8 Å². The van der Waals surface area contributed by atoms with E-state index in [1.54, 1.807) is 11.5 Å². The molecule has 1 N–H and O–H groups in total. The smallest absolute Gasteiger partial charge is 0.344 e. The molecule has 1 unspecified atom stereocenters. The van der Waals surface area contributed by atoms with Gasteiger partial charge in [0.2, 0.25) is 5.43 Å². The van der Waals surface area contributed by atoms with E-state index in [1.807, 2.05) is 0 Å². The lowest BCUT2D eigenvalue weighted by Crippen LogP contribution is -2.23. The highest BCUT2D eigenvalue weighted by Gasteiger charge is 2.29. The SMILES string of the molecule is CCOC(=O)c1c2n(c3c(C#CCC4CCCN4)c(F)c(F)cc3c1=O)CCS2. The molecule has 2 aliphatic heterocycles. The number of fused-ring (bicyclic) bond motifs is 3. The van der Waals surface area contributed by atoms with Crippen LogP contribution in [0.4, 0.5) is 8.78 Å². The van der Waals surface area contributed by atoms with E-state index >= 15 is 0 Å². The number of pyridine rings is 1. The van der Waals surface area contributed by atoms with Crippen LogP contribution in [0, 0.1) is 23.5 Å². The lowest BCUT2D eigenvalue weighted by atomic mass is 10.0. The summed E-state index contributed by atoms with van der Waals surface area (Å²) >= 11 is 1.33. The maximum atomic E-state index is 14.7. The average Bonchev–Trinajstić information content (AvgIpc) is 3.37. The quantitative estimate of drug-likeness (QED) is 0.613. The molecule has 1 saturated heterocycles. The number of nitrogens with one attached hydrogen (secondary N) is 1. The van der Waals surface area contributed by atoms with Gasteiger partial charge < -0.3 is 14.6 Å². The van der Waals surface area contributed by atoms with Crippen LogP contribution in [-0.4, -0.2) is 35.5 Å². The van der Waals surface area contributed by atoms with Crippen molar-refractivity contribution in [3.63, 3.8) is 0 Å². The third-order valence-electron chi connectivity index (χ3n) is 5.15. The molecule has 3 heterocycles. The van der Waals surface area contributed by atoms with Crippen molar-refractivity contribution in [2.75, 3.05) is 18.9 Å². The topological polar surface area (TPSA) is 60.3 Å². The van der Waals surface area contributed by atoms with Crippen LogP contribution >= 0.6 is 11.8 Å². The van der Waals surface area contributed by atoms with Gasteiger partial charge >= 0.3 is 5.97 Å². The fraction of sp³-hybridized carbons (Fsp3) is 0.429. The van der Waals surface area contributed by atoms with Crippen LogP contribution in [0.25, 0.3) is 10.9 Å². The maximum Gasteiger partial charge on any atom is 0.344 e. The number of aryl methyl sites for hydroxylation is 1. The predicted octanol–water partition coefficient (Wildman–Crippen LogP) is 3.06. The maximum absolute atomic E-state index is 14.7. The van der Waals surface area contributed by atoms with Crippen molar-refractivity contribution in [2.24, 2.45) is 0 Å². The summed E-state index contributed by atoms with van der Waals surface area (Å²) in [5.74, 6) is 3.35. The average molecular weight is 418 g/mol. The molecule has 1 fully saturated rings. The zero-order chi connectivity index (χ0) is 20.5. The third kappa shape index (κ3) is 3.53. The molecule has 0 radical (unpaired) electrons. The second kappa shape index (κ2) is 8.17. The number of benzene rings is 1. The molecule has 2 aliphatic rings. The second-order valence-corrected chi connectivity index (χ2v) is 8.06. The first-order chi connectivity index (χ1) is 14.0.